The van der Waals surface area contributed by atoms with E-state index in [2.05, 4.69) is 9.97 Å². The number of methoxy groups -OCH3 is 1. The molecule has 2 rings (SSSR count). The average molecular weight is 229 g/mol. The molecule has 0 aliphatic rings. The molecule has 0 spiro atoms. The minimum atomic E-state index is -0.997. The van der Waals surface area contributed by atoms with Crippen LogP contribution in [0.4, 0.5) is 0 Å². The first kappa shape index (κ1) is 11.3. The van der Waals surface area contributed by atoms with E-state index in [4.69, 9.17) is 9.84 Å². The van der Waals surface area contributed by atoms with Crippen molar-refractivity contribution in [1.82, 2.24) is 9.97 Å². The molecule has 0 aliphatic carbocycles. The minimum Gasteiger partial charge on any atom is -0.481 e. The summed E-state index contributed by atoms with van der Waals surface area (Å²) in [7, 11) is 1.50. The van der Waals surface area contributed by atoms with E-state index in [9.17, 15) is 4.79 Å². The summed E-state index contributed by atoms with van der Waals surface area (Å²) in [4.78, 5) is 17.4. The Morgan fingerprint density at radius 2 is 2.33 bits per heavy atom. The molecule has 5 nitrogen and oxygen atoms in total. The number of aromatic amines is 1. The van der Waals surface area contributed by atoms with Gasteiger partial charge in [0.1, 0.15) is 5.69 Å². The Morgan fingerprint density at radius 1 is 1.60 bits per heavy atom. The zero-order chi connectivity index (χ0) is 10.1. The van der Waals surface area contributed by atoms with Crippen molar-refractivity contribution in [3.63, 3.8) is 0 Å². The summed E-state index contributed by atoms with van der Waals surface area (Å²) in [5, 5.41) is 9.43. The van der Waals surface area contributed by atoms with E-state index in [0.717, 1.165) is 0 Å². The van der Waals surface area contributed by atoms with Crippen molar-refractivity contribution < 1.29 is 14.6 Å². The molecule has 80 valence electrons. The zero-order valence-electron chi connectivity index (χ0n) is 7.85. The van der Waals surface area contributed by atoms with E-state index in [0.29, 0.717) is 16.8 Å². The highest BCUT2D eigenvalue weighted by Crippen LogP contribution is 2.23. The van der Waals surface area contributed by atoms with Gasteiger partial charge in [-0.25, -0.2) is 9.78 Å². The van der Waals surface area contributed by atoms with Crippen LogP contribution in [-0.4, -0.2) is 28.2 Å². The molecule has 0 unspecified atom stereocenters. The summed E-state index contributed by atoms with van der Waals surface area (Å²) >= 11 is 0. The molecule has 2 aromatic heterocycles. The van der Waals surface area contributed by atoms with Crippen LogP contribution in [0.1, 0.15) is 10.5 Å². The first-order valence-corrected chi connectivity index (χ1v) is 3.97. The number of H-pyrrole nitrogens is 1. The normalized spacial score (nSPS) is 9.67. The summed E-state index contributed by atoms with van der Waals surface area (Å²) in [5.41, 5.74) is 0.834. The molecule has 15 heavy (non-hydrogen) atoms. The van der Waals surface area contributed by atoms with Crippen molar-refractivity contribution in [1.29, 1.82) is 0 Å². The number of ether oxygens (including phenoxy) is 1. The quantitative estimate of drug-likeness (QED) is 0.820. The number of carboxylic acids is 1. The second-order valence-corrected chi connectivity index (χ2v) is 2.77. The number of aromatic carboxylic acids is 1. The number of carboxylic acid groups (broad SMARTS) is 1. The van der Waals surface area contributed by atoms with Gasteiger partial charge in [-0.2, -0.15) is 0 Å². The highest BCUT2D eigenvalue weighted by atomic mass is 35.5. The van der Waals surface area contributed by atoms with Crippen LogP contribution in [0.5, 0.6) is 5.88 Å². The molecule has 6 heteroatoms. The summed E-state index contributed by atoms with van der Waals surface area (Å²) in [6, 6.07) is 3.20. The van der Waals surface area contributed by atoms with Crippen LogP contribution in [0.15, 0.2) is 18.3 Å². The zero-order valence-corrected chi connectivity index (χ0v) is 8.67. The van der Waals surface area contributed by atoms with E-state index >= 15 is 0 Å². The van der Waals surface area contributed by atoms with Crippen LogP contribution in [0, 0.1) is 0 Å². The maximum atomic E-state index is 10.7. The van der Waals surface area contributed by atoms with Crippen molar-refractivity contribution in [3.8, 4) is 5.88 Å². The fraction of sp³-hybridized carbons (Fsp3) is 0.111. The van der Waals surface area contributed by atoms with E-state index in [1.165, 1.54) is 13.2 Å². The first-order chi connectivity index (χ1) is 6.72. The number of hydrogen-bond acceptors (Lipinski definition) is 3. The Bertz CT molecular complexity index is 495. The van der Waals surface area contributed by atoms with Gasteiger partial charge in [0, 0.05) is 6.20 Å². The number of nitrogens with one attached hydrogen (secondary N) is 1. The largest absolute Gasteiger partial charge is 0.481 e. The summed E-state index contributed by atoms with van der Waals surface area (Å²) < 4.78 is 5.00. The maximum absolute atomic E-state index is 10.7. The van der Waals surface area contributed by atoms with Crippen molar-refractivity contribution in [2.45, 2.75) is 0 Å². The van der Waals surface area contributed by atoms with Gasteiger partial charge in [0.25, 0.3) is 0 Å². The molecule has 0 amide bonds. The topological polar surface area (TPSA) is 75.2 Å². The average Bonchev–Trinajstić information content (AvgIpc) is 2.60. The number of aromatic nitrogens is 2. The SMILES string of the molecule is COc1nccc2[nH]c(C(=O)O)cc12.Cl. The number of nitrogens with zero attached hydrogens (tertiary/aromatic N) is 1. The Hall–Kier alpha value is -1.75. The van der Waals surface area contributed by atoms with Crippen LogP contribution in [-0.2, 0) is 0 Å². The number of carbonyl (C=O) groups is 1. The molecule has 0 bridgehead atoms. The number of halogens is 1. The number of rotatable bonds is 2. The Morgan fingerprint density at radius 3 is 2.93 bits per heavy atom. The standard InChI is InChI=1S/C9H8N2O3.ClH/c1-14-8-5-4-7(9(12)13)11-6(5)2-3-10-8;/h2-4,11H,1H3,(H,12,13);1H. The molecule has 2 N–H and O–H groups in total. The molecule has 2 heterocycles. The Kier molecular flexibility index (Phi) is 3.16. The minimum absolute atomic E-state index is 0. The van der Waals surface area contributed by atoms with Gasteiger partial charge in [0.05, 0.1) is 18.0 Å². The van der Waals surface area contributed by atoms with Gasteiger partial charge >= 0.3 is 5.97 Å². The third-order valence-electron chi connectivity index (χ3n) is 1.94. The lowest BCUT2D eigenvalue weighted by Gasteiger charge is -1.97. The van der Waals surface area contributed by atoms with Crippen molar-refractivity contribution in [3.05, 3.63) is 24.0 Å². The van der Waals surface area contributed by atoms with Crippen molar-refractivity contribution >= 4 is 29.3 Å². The summed E-state index contributed by atoms with van der Waals surface area (Å²) in [5.74, 6) is -0.575. The second-order valence-electron chi connectivity index (χ2n) is 2.77. The van der Waals surface area contributed by atoms with Crippen LogP contribution in [0.3, 0.4) is 0 Å². The maximum Gasteiger partial charge on any atom is 0.352 e. The third kappa shape index (κ3) is 1.87. The second kappa shape index (κ2) is 4.18. The van der Waals surface area contributed by atoms with Crippen LogP contribution in [0.2, 0.25) is 0 Å². The highest BCUT2D eigenvalue weighted by molar-refractivity contribution is 5.95. The molecule has 0 saturated carbocycles. The lowest BCUT2D eigenvalue weighted by Crippen LogP contribution is -1.94. The van der Waals surface area contributed by atoms with Gasteiger partial charge in [-0.05, 0) is 12.1 Å². The van der Waals surface area contributed by atoms with Gasteiger partial charge in [-0.1, -0.05) is 0 Å². The predicted molar refractivity (Wildman–Crippen MR) is 56.9 cm³/mol. The van der Waals surface area contributed by atoms with Crippen molar-refractivity contribution in [2.24, 2.45) is 0 Å². The van der Waals surface area contributed by atoms with Gasteiger partial charge < -0.3 is 14.8 Å². The molecular weight excluding hydrogens is 220 g/mol. The molecule has 0 atom stereocenters. The highest BCUT2D eigenvalue weighted by Gasteiger charge is 2.10. The molecule has 2 aromatic rings. The van der Waals surface area contributed by atoms with Crippen LogP contribution in [0.25, 0.3) is 10.9 Å². The number of hydrogen-bond donors (Lipinski definition) is 2. The van der Waals surface area contributed by atoms with Crippen molar-refractivity contribution in [2.75, 3.05) is 7.11 Å². The molecule has 0 aliphatic heterocycles. The lowest BCUT2D eigenvalue weighted by molar-refractivity contribution is 0.0691. The van der Waals surface area contributed by atoms with E-state index in [1.807, 2.05) is 0 Å². The number of pyridine rings is 1. The Labute approximate surface area is 91.5 Å². The van der Waals surface area contributed by atoms with E-state index in [-0.39, 0.29) is 18.1 Å². The monoisotopic (exact) mass is 228 g/mol. The van der Waals surface area contributed by atoms with Crippen LogP contribution >= 0.6 is 12.4 Å². The smallest absolute Gasteiger partial charge is 0.352 e. The fourth-order valence-corrected chi connectivity index (χ4v) is 1.31. The molecule has 0 radical (unpaired) electrons. The summed E-state index contributed by atoms with van der Waals surface area (Å²) in [6.07, 6.45) is 1.56. The molecular formula is C9H9ClN2O3. The van der Waals surface area contributed by atoms with Gasteiger partial charge in [0.2, 0.25) is 5.88 Å². The summed E-state index contributed by atoms with van der Waals surface area (Å²) in [6.45, 7) is 0. The third-order valence-corrected chi connectivity index (χ3v) is 1.94. The van der Waals surface area contributed by atoms with Gasteiger partial charge in [0.15, 0.2) is 0 Å². The fourth-order valence-electron chi connectivity index (χ4n) is 1.31. The molecule has 0 saturated heterocycles. The predicted octanol–water partition coefficient (Wildman–Crippen LogP) is 1.69. The lowest BCUT2D eigenvalue weighted by atomic mass is 10.3. The van der Waals surface area contributed by atoms with Crippen LogP contribution < -0.4 is 4.74 Å². The van der Waals surface area contributed by atoms with Gasteiger partial charge in [-0.15, -0.1) is 12.4 Å². The number of fused-ring (bicyclic) bond motifs is 1. The van der Waals surface area contributed by atoms with E-state index in [1.54, 1.807) is 12.3 Å². The van der Waals surface area contributed by atoms with E-state index < -0.39 is 5.97 Å². The first-order valence-electron chi connectivity index (χ1n) is 3.97. The molecule has 0 aromatic carbocycles. The molecule has 0 fully saturated rings. The Balaban J connectivity index is 0.00000112. The van der Waals surface area contributed by atoms with Gasteiger partial charge in [-0.3, -0.25) is 0 Å².